The molecule has 0 N–H and O–H groups in total. The highest BCUT2D eigenvalue weighted by Gasteiger charge is 2.22. The first-order valence-corrected chi connectivity index (χ1v) is 42.2. The lowest BCUT2D eigenvalue weighted by Gasteiger charge is -2.26. The van der Waals surface area contributed by atoms with E-state index < -0.39 is 24.3 Å². The summed E-state index contributed by atoms with van der Waals surface area (Å²) < 4.78 is 22.9. The normalized spacial score (nSPS) is 13.0. The second-order valence-corrected chi connectivity index (χ2v) is 29.8. The van der Waals surface area contributed by atoms with Gasteiger partial charge in [0, 0.05) is 12.8 Å². The molecule has 0 aliphatic rings. The zero-order chi connectivity index (χ0) is 71.1. The minimum atomic E-state index is -1.63. The molecule has 2 atom stereocenters. The maximum Gasteiger partial charge on any atom is 0.306 e. The Balaban J connectivity index is 3.97. The molecule has 0 heterocycles. The maximum atomic E-state index is 13.0. The van der Waals surface area contributed by atoms with Gasteiger partial charge in [-0.2, -0.15) is 0 Å². The fourth-order valence-electron chi connectivity index (χ4n) is 12.5. The van der Waals surface area contributed by atoms with Crippen molar-refractivity contribution in [1.29, 1.82) is 0 Å². The molecule has 0 aromatic carbocycles. The third-order valence-electron chi connectivity index (χ3n) is 18.9. The molecule has 0 aromatic rings. The van der Waals surface area contributed by atoms with Gasteiger partial charge in [0.05, 0.1) is 40.3 Å². The first-order chi connectivity index (χ1) is 48.1. The van der Waals surface area contributed by atoms with Crippen LogP contribution in [0.3, 0.4) is 0 Å². The van der Waals surface area contributed by atoms with E-state index in [0.717, 1.165) is 89.9 Å². The number of likely N-dealkylation sites (N-methyl/N-ethyl adjacent to an activating group) is 1. The fourth-order valence-corrected chi connectivity index (χ4v) is 12.5. The topological polar surface area (TPSA) is 111 Å². The molecule has 0 radical (unpaired) electrons. The zero-order valence-corrected chi connectivity index (χ0v) is 65.4. The smallest absolute Gasteiger partial charge is 0.306 e. The van der Waals surface area contributed by atoms with Crippen LogP contribution in [0, 0.1) is 0 Å². The third kappa shape index (κ3) is 79.8. The van der Waals surface area contributed by atoms with E-state index in [4.69, 9.17) is 18.9 Å². The van der Waals surface area contributed by atoms with Crippen LogP contribution < -0.4 is 5.11 Å². The molecule has 0 amide bonds. The molecule has 0 fully saturated rings. The first-order valence-electron chi connectivity index (χ1n) is 42.2. The molecule has 0 saturated heterocycles. The molecule has 0 aromatic heterocycles. The van der Waals surface area contributed by atoms with E-state index in [9.17, 15) is 19.5 Å². The average molecular weight is 1370 g/mol. The van der Waals surface area contributed by atoms with E-state index in [1.807, 2.05) is 21.1 Å². The number of ether oxygens (including phenoxy) is 4. The number of carbonyl (C=O) groups is 3. The zero-order valence-electron chi connectivity index (χ0n) is 65.4. The van der Waals surface area contributed by atoms with Gasteiger partial charge in [-0.3, -0.25) is 9.59 Å². The molecule has 0 aliphatic heterocycles. The monoisotopic (exact) mass is 1370 g/mol. The van der Waals surface area contributed by atoms with Gasteiger partial charge in [0.15, 0.2) is 12.4 Å². The lowest BCUT2D eigenvalue weighted by atomic mass is 10.0. The summed E-state index contributed by atoms with van der Waals surface area (Å²) in [6.45, 7) is 4.69. The Morgan fingerprint density at radius 2 is 0.582 bits per heavy atom. The van der Waals surface area contributed by atoms with Gasteiger partial charge < -0.3 is 33.3 Å². The largest absolute Gasteiger partial charge is 0.545 e. The van der Waals surface area contributed by atoms with Gasteiger partial charge in [0.25, 0.3) is 0 Å². The van der Waals surface area contributed by atoms with Crippen LogP contribution in [0.1, 0.15) is 406 Å². The molecule has 0 rings (SSSR count). The molecule has 0 bridgehead atoms. The number of carboxylic acid groups (broad SMARTS) is 1. The number of aliphatic carboxylic acids is 1. The second kappa shape index (κ2) is 79.2. The summed E-state index contributed by atoms with van der Waals surface area (Å²) in [5.74, 6) is -2.27. The Kier molecular flexibility index (Phi) is 76.3. The number of allylic oxidation sites excluding steroid dienone is 14. The number of quaternary nitrogens is 1. The van der Waals surface area contributed by atoms with Crippen molar-refractivity contribution in [3.8, 4) is 0 Å². The predicted molar refractivity (Wildman–Crippen MR) is 421 cm³/mol. The Hall–Kier alpha value is -3.53. The van der Waals surface area contributed by atoms with Crippen molar-refractivity contribution >= 4 is 17.9 Å². The van der Waals surface area contributed by atoms with Crippen LogP contribution >= 0.6 is 0 Å². The SMILES string of the molecule is CC/C=C\C/C=C\C/C=C\C/C=C\C/C=C\C/C=C\C/C=C\CCCCCCCCCCCCCC(=O)OC(COC(=O)CCCCCCCCCCCCCCCCCCCCCCCCCCCCCCCCCCCCCCCCCC)COC(OCC[N+](C)(C)C)C(=O)[O-]. The van der Waals surface area contributed by atoms with Crippen LogP contribution in [0.5, 0.6) is 0 Å². The summed E-state index contributed by atoms with van der Waals surface area (Å²) in [4.78, 5) is 37.6. The Labute approximate surface area is 608 Å². The van der Waals surface area contributed by atoms with Crippen LogP contribution in [0.15, 0.2) is 85.1 Å². The average Bonchev–Trinajstić information content (AvgIpc) is 1.14. The van der Waals surface area contributed by atoms with Gasteiger partial charge in [-0.1, -0.05) is 407 Å². The number of nitrogens with zero attached hydrogens (tertiary/aromatic N) is 1. The molecular formula is C89H161NO8. The number of hydrogen-bond donors (Lipinski definition) is 0. The third-order valence-corrected chi connectivity index (χ3v) is 18.9. The van der Waals surface area contributed by atoms with Gasteiger partial charge in [-0.15, -0.1) is 0 Å². The van der Waals surface area contributed by atoms with Gasteiger partial charge >= 0.3 is 11.9 Å². The maximum absolute atomic E-state index is 13.0. The van der Waals surface area contributed by atoms with Crippen molar-refractivity contribution in [1.82, 2.24) is 0 Å². The number of unbranched alkanes of at least 4 members (excludes halogenated alkanes) is 50. The van der Waals surface area contributed by atoms with E-state index in [1.54, 1.807) is 0 Å². The summed E-state index contributed by atoms with van der Waals surface area (Å²) >= 11 is 0. The summed E-state index contributed by atoms with van der Waals surface area (Å²) in [6.07, 6.45) is 106. The minimum Gasteiger partial charge on any atom is -0.545 e. The van der Waals surface area contributed by atoms with E-state index in [1.165, 1.54) is 283 Å². The van der Waals surface area contributed by atoms with Gasteiger partial charge in [-0.25, -0.2) is 0 Å². The molecule has 0 aliphatic carbocycles. The van der Waals surface area contributed by atoms with Crippen LogP contribution in [-0.2, 0) is 33.3 Å². The van der Waals surface area contributed by atoms with Gasteiger partial charge in [0.1, 0.15) is 13.2 Å². The molecule has 2 unspecified atom stereocenters. The summed E-state index contributed by atoms with van der Waals surface area (Å²) in [5, 5.41) is 11.9. The highest BCUT2D eigenvalue weighted by Crippen LogP contribution is 2.20. The number of carbonyl (C=O) groups excluding carboxylic acids is 3. The summed E-state index contributed by atoms with van der Waals surface area (Å²) in [7, 11) is 5.94. The standard InChI is InChI=1S/C89H161NO8/c1-6-8-10-12-14-16-18-20-22-24-26-28-30-32-34-36-38-40-41-42-43-44-45-46-48-49-51-53-55-57-59-61-63-65-67-69-71-73-75-77-79-86(91)96-83-85(84-97-89(88(93)94)95-82-81-90(3,4)5)98-87(92)80-78-76-74-72-70-68-66-64-62-60-58-56-54-52-50-47-39-37-35-33-31-29-27-25-23-21-19-17-15-13-11-9-7-2/h9,11,15,17,21,23,27,29,33,35,39,47,52,54,85,89H,6-8,10,12-14,16,18-20,22,24-26,28,30-32,34,36-38,40-46,48-51,53,55-84H2,1-5H3/b11-9-,17-15-,23-21-,29-27-,35-33-,47-39-,54-52-. The van der Waals surface area contributed by atoms with Crippen molar-refractivity contribution in [2.24, 2.45) is 0 Å². The molecule has 9 heteroatoms. The summed E-state index contributed by atoms with van der Waals surface area (Å²) in [6, 6.07) is 0. The molecule has 98 heavy (non-hydrogen) atoms. The molecule has 570 valence electrons. The van der Waals surface area contributed by atoms with Crippen molar-refractivity contribution in [2.45, 2.75) is 418 Å². The quantitative estimate of drug-likeness (QED) is 0.0195. The first kappa shape index (κ1) is 94.5. The minimum absolute atomic E-state index is 0.146. The number of rotatable bonds is 79. The van der Waals surface area contributed by atoms with Crippen molar-refractivity contribution in [3.05, 3.63) is 85.1 Å². The van der Waals surface area contributed by atoms with Crippen LogP contribution in [0.2, 0.25) is 0 Å². The molecule has 0 saturated carbocycles. The van der Waals surface area contributed by atoms with Crippen molar-refractivity contribution in [2.75, 3.05) is 47.5 Å². The fraction of sp³-hybridized carbons (Fsp3) is 0.809. The Bertz CT molecular complexity index is 1890. The van der Waals surface area contributed by atoms with Gasteiger partial charge in [-0.05, 0) is 70.6 Å². The number of hydrogen-bond acceptors (Lipinski definition) is 8. The van der Waals surface area contributed by atoms with E-state index >= 15 is 0 Å². The van der Waals surface area contributed by atoms with Crippen molar-refractivity contribution in [3.63, 3.8) is 0 Å². The molecule has 0 spiro atoms. The van der Waals surface area contributed by atoms with Crippen LogP contribution in [0.4, 0.5) is 0 Å². The molecular weight excluding hydrogens is 1210 g/mol. The predicted octanol–water partition coefficient (Wildman–Crippen LogP) is 26.0. The molecule has 9 nitrogen and oxygen atoms in total. The van der Waals surface area contributed by atoms with Crippen molar-refractivity contribution < 1.29 is 42.9 Å². The Morgan fingerprint density at radius 3 is 0.867 bits per heavy atom. The highest BCUT2D eigenvalue weighted by molar-refractivity contribution is 5.70. The van der Waals surface area contributed by atoms with E-state index in [0.29, 0.717) is 23.9 Å². The lowest BCUT2D eigenvalue weighted by Crippen LogP contribution is -2.44. The number of esters is 2. The lowest BCUT2D eigenvalue weighted by molar-refractivity contribution is -0.870. The summed E-state index contributed by atoms with van der Waals surface area (Å²) in [5.41, 5.74) is 0. The van der Waals surface area contributed by atoms with Crippen LogP contribution in [-0.4, -0.2) is 82.3 Å². The second-order valence-electron chi connectivity index (χ2n) is 29.8. The van der Waals surface area contributed by atoms with E-state index in [2.05, 4.69) is 98.9 Å². The van der Waals surface area contributed by atoms with Crippen LogP contribution in [0.25, 0.3) is 0 Å². The van der Waals surface area contributed by atoms with E-state index in [-0.39, 0.29) is 32.2 Å². The Morgan fingerprint density at radius 1 is 0.316 bits per heavy atom. The number of carboxylic acids is 1. The highest BCUT2D eigenvalue weighted by atomic mass is 16.7. The van der Waals surface area contributed by atoms with Gasteiger partial charge in [0.2, 0.25) is 0 Å².